The quantitative estimate of drug-likeness (QED) is 0.804. The smallest absolute Gasteiger partial charge is 0.149 e. The molecule has 20 heavy (non-hydrogen) atoms. The molecule has 110 valence electrons. The number of fused-ring (bicyclic) bond motifs is 1. The zero-order valence-electron chi connectivity index (χ0n) is 10.9. The summed E-state index contributed by atoms with van der Waals surface area (Å²) in [7, 11) is -3.17. The van der Waals surface area contributed by atoms with Gasteiger partial charge in [-0.2, -0.15) is 0 Å². The molecule has 1 aromatic heterocycles. The maximum atomic E-state index is 13.6. The Hall–Kier alpha value is -0.850. The highest BCUT2D eigenvalue weighted by atomic mass is 35.5. The lowest BCUT2D eigenvalue weighted by Gasteiger charge is -2.16. The molecule has 0 fully saturated rings. The molecule has 0 radical (unpaired) electrons. The zero-order chi connectivity index (χ0) is 15.1. The van der Waals surface area contributed by atoms with Gasteiger partial charge >= 0.3 is 0 Å². The highest BCUT2D eigenvalue weighted by Gasteiger charge is 2.20. The van der Waals surface area contributed by atoms with Crippen LogP contribution < -0.4 is 0 Å². The molecule has 8 heteroatoms. The van der Waals surface area contributed by atoms with Crippen LogP contribution in [0.4, 0.5) is 4.39 Å². The molecule has 0 aliphatic carbocycles. The molecular formula is C12H13Cl2FN2O2S. The standard InChI is InChI=1S/C12H13Cl2FN2O2S/c1-7(6-20(2,18)19)17-11-4-9(15)8(14)3-10(11)16-12(17)5-13/h3-4,7H,5-6H2,1-2H3. The number of alkyl halides is 1. The van der Waals surface area contributed by atoms with Gasteiger partial charge in [0.2, 0.25) is 0 Å². The van der Waals surface area contributed by atoms with Crippen LogP contribution in [0.2, 0.25) is 5.02 Å². The van der Waals surface area contributed by atoms with Crippen LogP contribution in [0.1, 0.15) is 18.8 Å². The summed E-state index contributed by atoms with van der Waals surface area (Å²) < 4.78 is 38.1. The minimum atomic E-state index is -3.17. The van der Waals surface area contributed by atoms with E-state index in [4.69, 9.17) is 23.2 Å². The zero-order valence-corrected chi connectivity index (χ0v) is 13.2. The van der Waals surface area contributed by atoms with Gasteiger partial charge in [-0.1, -0.05) is 11.6 Å². The van der Waals surface area contributed by atoms with E-state index in [1.807, 2.05) is 0 Å². The van der Waals surface area contributed by atoms with Crippen molar-refractivity contribution in [2.24, 2.45) is 0 Å². The predicted molar refractivity (Wildman–Crippen MR) is 78.7 cm³/mol. The Bertz CT molecular complexity index is 758. The molecule has 0 amide bonds. The molecule has 0 spiro atoms. The largest absolute Gasteiger partial charge is 0.323 e. The van der Waals surface area contributed by atoms with Gasteiger partial charge in [0.15, 0.2) is 0 Å². The third-order valence-electron chi connectivity index (χ3n) is 2.91. The summed E-state index contributed by atoms with van der Waals surface area (Å²) in [5, 5.41) is -0.0287. The van der Waals surface area contributed by atoms with Crippen molar-refractivity contribution in [2.75, 3.05) is 12.0 Å². The van der Waals surface area contributed by atoms with Gasteiger partial charge < -0.3 is 4.57 Å². The number of benzene rings is 1. The second kappa shape index (κ2) is 5.50. The molecule has 1 heterocycles. The first kappa shape index (κ1) is 15.5. The van der Waals surface area contributed by atoms with E-state index < -0.39 is 21.7 Å². The molecule has 0 N–H and O–H groups in total. The molecule has 1 atom stereocenters. The number of sulfone groups is 1. The fourth-order valence-corrected chi connectivity index (χ4v) is 3.61. The molecular weight excluding hydrogens is 326 g/mol. The van der Waals surface area contributed by atoms with Crippen LogP contribution >= 0.6 is 23.2 Å². The molecule has 0 aliphatic rings. The van der Waals surface area contributed by atoms with Crippen LogP contribution in [0.25, 0.3) is 11.0 Å². The number of imidazole rings is 1. The van der Waals surface area contributed by atoms with E-state index in [0.29, 0.717) is 16.9 Å². The molecule has 1 aromatic carbocycles. The molecule has 4 nitrogen and oxygen atoms in total. The van der Waals surface area contributed by atoms with Gasteiger partial charge in [0.25, 0.3) is 0 Å². The molecule has 1 unspecified atom stereocenters. The number of rotatable bonds is 4. The van der Waals surface area contributed by atoms with Crippen molar-refractivity contribution < 1.29 is 12.8 Å². The highest BCUT2D eigenvalue weighted by molar-refractivity contribution is 7.90. The Balaban J connectivity index is 2.63. The summed E-state index contributed by atoms with van der Waals surface area (Å²) in [5.74, 6) is -0.0679. The molecule has 2 aromatic rings. The van der Waals surface area contributed by atoms with Gasteiger partial charge in [0.05, 0.1) is 27.7 Å². The average Bonchev–Trinajstić information content (AvgIpc) is 2.65. The number of hydrogen-bond acceptors (Lipinski definition) is 3. The van der Waals surface area contributed by atoms with E-state index in [1.54, 1.807) is 11.5 Å². The third kappa shape index (κ3) is 3.07. The fraction of sp³-hybridized carbons (Fsp3) is 0.417. The second-order valence-corrected chi connectivity index (χ2v) is 7.59. The Kier molecular flexibility index (Phi) is 4.27. The minimum absolute atomic E-state index is 0.0287. The normalized spacial score (nSPS) is 13.8. The van der Waals surface area contributed by atoms with Crippen molar-refractivity contribution in [3.63, 3.8) is 0 Å². The van der Waals surface area contributed by atoms with Crippen LogP contribution in [0.3, 0.4) is 0 Å². The van der Waals surface area contributed by atoms with Crippen molar-refractivity contribution in [1.29, 1.82) is 0 Å². The topological polar surface area (TPSA) is 52.0 Å². The fourth-order valence-electron chi connectivity index (χ4n) is 2.24. The SMILES string of the molecule is CC(CS(C)(=O)=O)n1c(CCl)nc2cc(Cl)c(F)cc21. The van der Waals surface area contributed by atoms with Crippen molar-refractivity contribution in [3.8, 4) is 0 Å². The average molecular weight is 339 g/mol. The van der Waals surface area contributed by atoms with Crippen LogP contribution in [0.5, 0.6) is 0 Å². The van der Waals surface area contributed by atoms with Crippen LogP contribution in [0, 0.1) is 5.82 Å². The van der Waals surface area contributed by atoms with Crippen molar-refractivity contribution in [2.45, 2.75) is 18.8 Å². The molecule has 2 rings (SSSR count). The van der Waals surface area contributed by atoms with Crippen molar-refractivity contribution in [3.05, 3.63) is 28.8 Å². The van der Waals surface area contributed by atoms with Gasteiger partial charge in [-0.3, -0.25) is 0 Å². The van der Waals surface area contributed by atoms with E-state index in [2.05, 4.69) is 4.98 Å². The summed E-state index contributed by atoms with van der Waals surface area (Å²) in [6, 6.07) is 2.26. The first-order valence-electron chi connectivity index (χ1n) is 5.82. The first-order chi connectivity index (χ1) is 9.23. The third-order valence-corrected chi connectivity index (χ3v) is 4.53. The minimum Gasteiger partial charge on any atom is -0.323 e. The molecule has 0 saturated heterocycles. The number of hydrogen-bond donors (Lipinski definition) is 0. The summed E-state index contributed by atoms with van der Waals surface area (Å²) >= 11 is 11.6. The summed E-state index contributed by atoms with van der Waals surface area (Å²) in [4.78, 5) is 4.27. The van der Waals surface area contributed by atoms with E-state index in [1.165, 1.54) is 12.1 Å². The van der Waals surface area contributed by atoms with Gasteiger partial charge in [-0.05, 0) is 13.0 Å². The lowest BCUT2D eigenvalue weighted by Crippen LogP contribution is -2.18. The Morgan fingerprint density at radius 2 is 2.10 bits per heavy atom. The number of halogens is 3. The lowest BCUT2D eigenvalue weighted by atomic mass is 10.3. The maximum Gasteiger partial charge on any atom is 0.149 e. The van der Waals surface area contributed by atoms with Crippen LogP contribution in [-0.4, -0.2) is 30.0 Å². The Labute approximate surface area is 126 Å². The number of nitrogens with zero attached hydrogens (tertiary/aromatic N) is 2. The molecule has 0 aliphatic heterocycles. The van der Waals surface area contributed by atoms with Gasteiger partial charge in [-0.25, -0.2) is 17.8 Å². The van der Waals surface area contributed by atoms with Crippen LogP contribution in [0.15, 0.2) is 12.1 Å². The van der Waals surface area contributed by atoms with Crippen LogP contribution in [-0.2, 0) is 15.7 Å². The van der Waals surface area contributed by atoms with E-state index >= 15 is 0 Å². The van der Waals surface area contributed by atoms with Gasteiger partial charge in [0.1, 0.15) is 21.5 Å². The van der Waals surface area contributed by atoms with E-state index in [-0.39, 0.29) is 16.7 Å². The summed E-state index contributed by atoms with van der Waals surface area (Å²) in [6.45, 7) is 1.73. The summed E-state index contributed by atoms with van der Waals surface area (Å²) in [6.07, 6.45) is 1.15. The number of aromatic nitrogens is 2. The molecule has 0 bridgehead atoms. The van der Waals surface area contributed by atoms with Gasteiger partial charge in [-0.15, -0.1) is 11.6 Å². The highest BCUT2D eigenvalue weighted by Crippen LogP contribution is 2.27. The van der Waals surface area contributed by atoms with Gasteiger partial charge in [0, 0.05) is 18.4 Å². The maximum absolute atomic E-state index is 13.6. The summed E-state index contributed by atoms with van der Waals surface area (Å²) in [5.41, 5.74) is 0.978. The second-order valence-electron chi connectivity index (χ2n) is 4.73. The Morgan fingerprint density at radius 3 is 2.65 bits per heavy atom. The monoisotopic (exact) mass is 338 g/mol. The van der Waals surface area contributed by atoms with Crippen molar-refractivity contribution >= 4 is 44.1 Å². The van der Waals surface area contributed by atoms with E-state index in [0.717, 1.165) is 6.26 Å². The lowest BCUT2D eigenvalue weighted by molar-refractivity contribution is 0.560. The van der Waals surface area contributed by atoms with E-state index in [9.17, 15) is 12.8 Å². The van der Waals surface area contributed by atoms with Crippen molar-refractivity contribution in [1.82, 2.24) is 9.55 Å². The predicted octanol–water partition coefficient (Wildman–Crippen LogP) is 3.17. The molecule has 0 saturated carbocycles. The first-order valence-corrected chi connectivity index (χ1v) is 8.79. The Morgan fingerprint density at radius 1 is 1.45 bits per heavy atom.